The van der Waals surface area contributed by atoms with Crippen LogP contribution in [0.15, 0.2) is 24.3 Å². The number of benzene rings is 1. The number of carbonyl (C=O) groups is 1. The van der Waals surface area contributed by atoms with Crippen LogP contribution in [0.2, 0.25) is 0 Å². The van der Waals surface area contributed by atoms with E-state index in [2.05, 4.69) is 10.6 Å². The summed E-state index contributed by atoms with van der Waals surface area (Å²) in [6.45, 7) is 4.75. The van der Waals surface area contributed by atoms with Crippen molar-refractivity contribution in [1.29, 1.82) is 0 Å². The van der Waals surface area contributed by atoms with Crippen LogP contribution in [0.25, 0.3) is 0 Å². The quantitative estimate of drug-likeness (QED) is 0.864. The van der Waals surface area contributed by atoms with Gasteiger partial charge in [0.05, 0.1) is 12.1 Å². The van der Waals surface area contributed by atoms with Crippen molar-refractivity contribution in [1.82, 2.24) is 5.32 Å². The van der Waals surface area contributed by atoms with E-state index >= 15 is 0 Å². The molecular weight excluding hydrogens is 228 g/mol. The fourth-order valence-corrected chi connectivity index (χ4v) is 2.17. The third kappa shape index (κ3) is 3.23. The summed E-state index contributed by atoms with van der Waals surface area (Å²) in [5.74, 6) is 0. The van der Waals surface area contributed by atoms with Crippen molar-refractivity contribution in [2.45, 2.75) is 38.8 Å². The highest BCUT2D eigenvalue weighted by molar-refractivity contribution is 5.90. The summed E-state index contributed by atoms with van der Waals surface area (Å²) in [6, 6.07) is 7.59. The molecule has 98 valence electrons. The Hall–Kier alpha value is -1.55. The summed E-state index contributed by atoms with van der Waals surface area (Å²) >= 11 is 0. The molecule has 1 saturated heterocycles. The van der Waals surface area contributed by atoms with Gasteiger partial charge in [0.2, 0.25) is 0 Å². The van der Waals surface area contributed by atoms with Gasteiger partial charge in [0.15, 0.2) is 0 Å². The summed E-state index contributed by atoms with van der Waals surface area (Å²) in [4.78, 5) is 11.9. The Bertz CT molecular complexity index is 414. The van der Waals surface area contributed by atoms with E-state index in [-0.39, 0.29) is 18.2 Å². The first-order valence-corrected chi connectivity index (χ1v) is 6.41. The number of amides is 2. The van der Waals surface area contributed by atoms with Crippen molar-refractivity contribution < 1.29 is 9.53 Å². The van der Waals surface area contributed by atoms with Gasteiger partial charge < -0.3 is 15.4 Å². The van der Waals surface area contributed by atoms with E-state index in [9.17, 15) is 4.79 Å². The maximum absolute atomic E-state index is 11.9. The first kappa shape index (κ1) is 12.9. The average molecular weight is 248 g/mol. The third-order valence-corrected chi connectivity index (χ3v) is 3.27. The molecule has 1 aromatic rings. The maximum atomic E-state index is 11.9. The monoisotopic (exact) mass is 248 g/mol. The first-order chi connectivity index (χ1) is 8.66. The van der Waals surface area contributed by atoms with Crippen molar-refractivity contribution in [2.24, 2.45) is 0 Å². The molecule has 4 heteroatoms. The molecular formula is C14H20N2O2. The van der Waals surface area contributed by atoms with E-state index in [0.29, 0.717) is 0 Å². The average Bonchev–Trinajstić information content (AvgIpc) is 2.85. The zero-order valence-electron chi connectivity index (χ0n) is 10.9. The Kier molecular flexibility index (Phi) is 4.20. The highest BCUT2D eigenvalue weighted by Crippen LogP contribution is 2.16. The van der Waals surface area contributed by atoms with Crippen molar-refractivity contribution in [3.8, 4) is 0 Å². The van der Waals surface area contributed by atoms with Gasteiger partial charge in [-0.2, -0.15) is 0 Å². The molecule has 1 aromatic carbocycles. The summed E-state index contributed by atoms with van der Waals surface area (Å²) in [5, 5.41) is 5.78. The Morgan fingerprint density at radius 2 is 2.22 bits per heavy atom. The molecule has 1 aliphatic heterocycles. The molecule has 0 spiro atoms. The molecule has 0 bridgehead atoms. The van der Waals surface area contributed by atoms with Gasteiger partial charge >= 0.3 is 6.03 Å². The van der Waals surface area contributed by atoms with Crippen LogP contribution in [0.3, 0.4) is 0 Å². The van der Waals surface area contributed by atoms with Crippen LogP contribution in [0.1, 0.15) is 25.3 Å². The number of hydrogen-bond donors (Lipinski definition) is 2. The fourth-order valence-electron chi connectivity index (χ4n) is 2.17. The number of ether oxygens (including phenoxy) is 1. The summed E-state index contributed by atoms with van der Waals surface area (Å²) in [7, 11) is 0. The topological polar surface area (TPSA) is 50.4 Å². The number of urea groups is 1. The van der Waals surface area contributed by atoms with E-state index < -0.39 is 0 Å². The lowest BCUT2D eigenvalue weighted by Gasteiger charge is -2.20. The van der Waals surface area contributed by atoms with Gasteiger partial charge in [-0.1, -0.05) is 18.2 Å². The molecule has 2 N–H and O–H groups in total. The minimum atomic E-state index is -0.174. The van der Waals surface area contributed by atoms with Crippen LogP contribution in [-0.4, -0.2) is 24.8 Å². The minimum absolute atomic E-state index is 0.0384. The molecule has 0 aromatic heterocycles. The number of para-hydroxylation sites is 1. The van der Waals surface area contributed by atoms with E-state index in [0.717, 1.165) is 30.7 Å². The highest BCUT2D eigenvalue weighted by Gasteiger charge is 2.23. The summed E-state index contributed by atoms with van der Waals surface area (Å²) in [5.41, 5.74) is 1.90. The molecule has 1 heterocycles. The van der Waals surface area contributed by atoms with E-state index in [4.69, 9.17) is 4.74 Å². The van der Waals surface area contributed by atoms with Gasteiger partial charge in [-0.15, -0.1) is 0 Å². The van der Waals surface area contributed by atoms with Crippen LogP contribution in [0.5, 0.6) is 0 Å². The molecule has 0 aliphatic carbocycles. The van der Waals surface area contributed by atoms with Crippen LogP contribution in [-0.2, 0) is 4.74 Å². The fraction of sp³-hybridized carbons (Fsp3) is 0.500. The van der Waals surface area contributed by atoms with Crippen molar-refractivity contribution >= 4 is 11.7 Å². The molecule has 18 heavy (non-hydrogen) atoms. The van der Waals surface area contributed by atoms with Crippen LogP contribution >= 0.6 is 0 Å². The summed E-state index contributed by atoms with van der Waals surface area (Å²) in [6.07, 6.45) is 2.25. The predicted molar refractivity (Wildman–Crippen MR) is 71.8 cm³/mol. The number of aryl methyl sites for hydroxylation is 1. The van der Waals surface area contributed by atoms with Crippen LogP contribution in [0, 0.1) is 6.92 Å². The minimum Gasteiger partial charge on any atom is -0.376 e. The molecule has 2 unspecified atom stereocenters. The Morgan fingerprint density at radius 1 is 1.44 bits per heavy atom. The van der Waals surface area contributed by atoms with Gasteiger partial charge in [0.1, 0.15) is 0 Å². The zero-order chi connectivity index (χ0) is 13.0. The molecule has 0 saturated carbocycles. The lowest BCUT2D eigenvalue weighted by Crippen LogP contribution is -2.43. The lowest BCUT2D eigenvalue weighted by molar-refractivity contribution is 0.0868. The first-order valence-electron chi connectivity index (χ1n) is 6.41. The molecule has 2 amide bonds. The number of rotatable bonds is 3. The second kappa shape index (κ2) is 5.87. The third-order valence-electron chi connectivity index (χ3n) is 3.27. The molecule has 2 atom stereocenters. The Balaban J connectivity index is 1.86. The smallest absolute Gasteiger partial charge is 0.319 e. The Morgan fingerprint density at radius 3 is 2.89 bits per heavy atom. The number of hydrogen-bond acceptors (Lipinski definition) is 2. The van der Waals surface area contributed by atoms with E-state index in [1.54, 1.807) is 0 Å². The Labute approximate surface area is 108 Å². The molecule has 2 rings (SSSR count). The zero-order valence-corrected chi connectivity index (χ0v) is 10.9. The van der Waals surface area contributed by atoms with Gasteiger partial charge in [-0.05, 0) is 38.3 Å². The van der Waals surface area contributed by atoms with Gasteiger partial charge in [-0.25, -0.2) is 4.79 Å². The molecule has 1 fully saturated rings. The highest BCUT2D eigenvalue weighted by atomic mass is 16.5. The SMILES string of the molecule is Cc1ccccc1NC(=O)NC(C)C1CCCO1. The van der Waals surface area contributed by atoms with Crippen molar-refractivity contribution in [3.63, 3.8) is 0 Å². The maximum Gasteiger partial charge on any atom is 0.319 e. The molecule has 1 aliphatic rings. The second-order valence-electron chi connectivity index (χ2n) is 4.75. The molecule has 4 nitrogen and oxygen atoms in total. The predicted octanol–water partition coefficient (Wildman–Crippen LogP) is 2.68. The van der Waals surface area contributed by atoms with Crippen LogP contribution < -0.4 is 10.6 Å². The summed E-state index contributed by atoms with van der Waals surface area (Å²) < 4.78 is 5.55. The normalized spacial score (nSPS) is 20.4. The van der Waals surface area contributed by atoms with E-state index in [1.165, 1.54) is 0 Å². The number of carbonyl (C=O) groups excluding carboxylic acids is 1. The van der Waals surface area contributed by atoms with Gasteiger partial charge in [-0.3, -0.25) is 0 Å². The van der Waals surface area contributed by atoms with Crippen LogP contribution in [0.4, 0.5) is 10.5 Å². The van der Waals surface area contributed by atoms with Crippen molar-refractivity contribution in [3.05, 3.63) is 29.8 Å². The number of nitrogens with one attached hydrogen (secondary N) is 2. The number of anilines is 1. The standard InChI is InChI=1S/C14H20N2O2/c1-10-6-3-4-7-12(10)16-14(17)15-11(2)13-8-5-9-18-13/h3-4,6-7,11,13H,5,8-9H2,1-2H3,(H2,15,16,17). The largest absolute Gasteiger partial charge is 0.376 e. The molecule has 0 radical (unpaired) electrons. The lowest BCUT2D eigenvalue weighted by atomic mass is 10.1. The van der Waals surface area contributed by atoms with Gasteiger partial charge in [0, 0.05) is 12.3 Å². The van der Waals surface area contributed by atoms with E-state index in [1.807, 2.05) is 38.1 Å². The van der Waals surface area contributed by atoms with Gasteiger partial charge in [0.25, 0.3) is 0 Å². The van der Waals surface area contributed by atoms with Crippen molar-refractivity contribution in [2.75, 3.05) is 11.9 Å². The second-order valence-corrected chi connectivity index (χ2v) is 4.75.